The molecule has 0 aromatic rings. The lowest BCUT2D eigenvalue weighted by atomic mass is 10.0. The Morgan fingerprint density at radius 3 is 2.91 bits per heavy atom. The summed E-state index contributed by atoms with van der Waals surface area (Å²) in [6.45, 7) is 1.98. The van der Waals surface area contributed by atoms with E-state index in [2.05, 4.69) is 4.99 Å². The fourth-order valence-electron chi connectivity index (χ4n) is 1.24. The van der Waals surface area contributed by atoms with Crippen LogP contribution in [0.25, 0.3) is 0 Å². The van der Waals surface area contributed by atoms with Crippen LogP contribution in [0.4, 0.5) is 0 Å². The largest absolute Gasteiger partial charge is 0.317 e. The van der Waals surface area contributed by atoms with Gasteiger partial charge in [-0.15, -0.1) is 0 Å². The summed E-state index contributed by atoms with van der Waals surface area (Å²) in [5.74, 6) is 0. The molecule has 2 aliphatic rings. The van der Waals surface area contributed by atoms with Crippen LogP contribution in [0.5, 0.6) is 0 Å². The molecule has 1 aliphatic carbocycles. The van der Waals surface area contributed by atoms with Crippen molar-refractivity contribution in [1.82, 2.24) is 0 Å². The average Bonchev–Trinajstić information content (AvgIpc) is 2.27. The van der Waals surface area contributed by atoms with Crippen LogP contribution in [0, 0.1) is 6.04 Å². The van der Waals surface area contributed by atoms with Gasteiger partial charge in [0.15, 0.2) is 0 Å². The summed E-state index contributed by atoms with van der Waals surface area (Å²) in [6.07, 6.45) is 7.79. The number of hydrogen-bond acceptors (Lipinski definition) is 2. The SMILES string of the molecule is CC1=CC2=C[C](N)C=CC2=N1. The highest BCUT2D eigenvalue weighted by atomic mass is 14.8. The standard InChI is InChI=1S/C9H9N2/c1-6-4-7-5-8(10)2-3-9(7)11-6/h2-5H,10H2,1H3. The highest BCUT2D eigenvalue weighted by Gasteiger charge is 2.13. The Labute approximate surface area is 65.8 Å². The van der Waals surface area contributed by atoms with Gasteiger partial charge in [0.25, 0.3) is 0 Å². The predicted octanol–water partition coefficient (Wildman–Crippen LogP) is 1.33. The fraction of sp³-hybridized carbons (Fsp3) is 0.111. The van der Waals surface area contributed by atoms with Crippen molar-refractivity contribution < 1.29 is 0 Å². The van der Waals surface area contributed by atoms with Gasteiger partial charge in [-0.25, -0.2) is 0 Å². The van der Waals surface area contributed by atoms with Gasteiger partial charge in [-0.2, -0.15) is 0 Å². The molecule has 0 saturated carbocycles. The van der Waals surface area contributed by atoms with E-state index in [1.54, 1.807) is 0 Å². The van der Waals surface area contributed by atoms with E-state index in [-0.39, 0.29) is 0 Å². The monoisotopic (exact) mass is 145 g/mol. The molecule has 0 spiro atoms. The topological polar surface area (TPSA) is 38.4 Å². The highest BCUT2D eigenvalue weighted by Crippen LogP contribution is 2.21. The van der Waals surface area contributed by atoms with Gasteiger partial charge in [0.1, 0.15) is 0 Å². The van der Waals surface area contributed by atoms with Gasteiger partial charge in [-0.3, -0.25) is 4.99 Å². The van der Waals surface area contributed by atoms with Crippen molar-refractivity contribution in [2.24, 2.45) is 10.7 Å². The molecule has 2 nitrogen and oxygen atoms in total. The van der Waals surface area contributed by atoms with Gasteiger partial charge >= 0.3 is 0 Å². The number of rotatable bonds is 0. The Bertz CT molecular complexity index is 306. The van der Waals surface area contributed by atoms with Crippen molar-refractivity contribution in [3.8, 4) is 0 Å². The molecule has 1 radical (unpaired) electrons. The molecule has 0 atom stereocenters. The third kappa shape index (κ3) is 1.05. The molecule has 2 heteroatoms. The van der Waals surface area contributed by atoms with E-state index in [0.717, 1.165) is 23.0 Å². The van der Waals surface area contributed by atoms with Gasteiger partial charge in [0, 0.05) is 11.3 Å². The highest BCUT2D eigenvalue weighted by molar-refractivity contribution is 6.14. The van der Waals surface area contributed by atoms with Crippen LogP contribution >= 0.6 is 0 Å². The molecule has 11 heavy (non-hydrogen) atoms. The van der Waals surface area contributed by atoms with Crippen molar-refractivity contribution in [1.29, 1.82) is 0 Å². The van der Waals surface area contributed by atoms with Crippen LogP contribution in [0.15, 0.2) is 40.6 Å². The lowest BCUT2D eigenvalue weighted by Crippen LogP contribution is -2.10. The van der Waals surface area contributed by atoms with Crippen molar-refractivity contribution in [2.75, 3.05) is 0 Å². The maximum Gasteiger partial charge on any atom is 0.0795 e. The van der Waals surface area contributed by atoms with E-state index in [1.807, 2.05) is 31.2 Å². The molecule has 0 bridgehead atoms. The number of hydrogen-bond donors (Lipinski definition) is 1. The summed E-state index contributed by atoms with van der Waals surface area (Å²) in [4.78, 5) is 4.30. The molecular weight excluding hydrogens is 136 g/mol. The number of allylic oxidation sites excluding steroid dienone is 4. The first kappa shape index (κ1) is 6.55. The Morgan fingerprint density at radius 1 is 1.27 bits per heavy atom. The summed E-state index contributed by atoms with van der Waals surface area (Å²) < 4.78 is 0. The molecule has 2 rings (SSSR count). The molecule has 0 unspecified atom stereocenters. The summed E-state index contributed by atoms with van der Waals surface area (Å²) >= 11 is 0. The number of aliphatic imine (C=N–C) groups is 1. The van der Waals surface area contributed by atoms with Crippen LogP contribution in [0.2, 0.25) is 0 Å². The molecule has 2 N–H and O–H groups in total. The first-order valence-electron chi connectivity index (χ1n) is 3.55. The molecule has 0 fully saturated rings. The zero-order valence-electron chi connectivity index (χ0n) is 6.33. The Balaban J connectivity index is 2.42. The molecule has 55 valence electrons. The van der Waals surface area contributed by atoms with Gasteiger partial charge < -0.3 is 5.73 Å². The maximum atomic E-state index is 5.61. The quantitative estimate of drug-likeness (QED) is 0.548. The summed E-state index contributed by atoms with van der Waals surface area (Å²) in [5, 5.41) is 0. The zero-order valence-corrected chi connectivity index (χ0v) is 6.33. The first-order valence-corrected chi connectivity index (χ1v) is 3.55. The summed E-state index contributed by atoms with van der Waals surface area (Å²) in [7, 11) is 0. The zero-order chi connectivity index (χ0) is 7.84. The molecule has 1 aliphatic heterocycles. The van der Waals surface area contributed by atoms with E-state index in [1.165, 1.54) is 0 Å². The molecule has 1 heterocycles. The maximum absolute atomic E-state index is 5.61. The van der Waals surface area contributed by atoms with Crippen LogP contribution < -0.4 is 5.73 Å². The lowest BCUT2D eigenvalue weighted by molar-refractivity contribution is 1.24. The van der Waals surface area contributed by atoms with Gasteiger partial charge in [0.2, 0.25) is 0 Å². The fourth-order valence-corrected chi connectivity index (χ4v) is 1.24. The van der Waals surface area contributed by atoms with Gasteiger partial charge in [-0.05, 0) is 25.2 Å². The minimum absolute atomic E-state index is 0.796. The number of nitrogens with zero attached hydrogens (tertiary/aromatic N) is 1. The van der Waals surface area contributed by atoms with Crippen LogP contribution in [0.3, 0.4) is 0 Å². The average molecular weight is 145 g/mol. The van der Waals surface area contributed by atoms with E-state index in [9.17, 15) is 0 Å². The van der Waals surface area contributed by atoms with Crippen molar-refractivity contribution in [3.05, 3.63) is 41.6 Å². The van der Waals surface area contributed by atoms with E-state index >= 15 is 0 Å². The second-order valence-corrected chi connectivity index (χ2v) is 2.72. The molecule has 0 aromatic carbocycles. The predicted molar refractivity (Wildman–Crippen MR) is 45.8 cm³/mol. The van der Waals surface area contributed by atoms with Gasteiger partial charge in [-0.1, -0.05) is 6.08 Å². The Hall–Kier alpha value is -1.15. The van der Waals surface area contributed by atoms with E-state index in [0.29, 0.717) is 0 Å². The van der Waals surface area contributed by atoms with Crippen LogP contribution in [-0.2, 0) is 0 Å². The van der Waals surface area contributed by atoms with Crippen molar-refractivity contribution in [2.45, 2.75) is 6.92 Å². The summed E-state index contributed by atoms with van der Waals surface area (Å²) in [5.41, 5.74) is 8.80. The van der Waals surface area contributed by atoms with E-state index in [4.69, 9.17) is 5.73 Å². The normalized spacial score (nSPS) is 22.5. The molecule has 0 amide bonds. The Morgan fingerprint density at radius 2 is 2.09 bits per heavy atom. The van der Waals surface area contributed by atoms with Crippen molar-refractivity contribution >= 4 is 5.71 Å². The minimum atomic E-state index is 0.796. The van der Waals surface area contributed by atoms with Crippen LogP contribution in [0.1, 0.15) is 6.92 Å². The van der Waals surface area contributed by atoms with Gasteiger partial charge in [0.05, 0.1) is 11.8 Å². The third-order valence-electron chi connectivity index (χ3n) is 1.71. The minimum Gasteiger partial charge on any atom is -0.317 e. The van der Waals surface area contributed by atoms with Crippen LogP contribution in [-0.4, -0.2) is 5.71 Å². The summed E-state index contributed by atoms with van der Waals surface area (Å²) in [6, 6.07) is 0.796. The second-order valence-electron chi connectivity index (χ2n) is 2.72. The second kappa shape index (κ2) is 2.17. The van der Waals surface area contributed by atoms with Crippen molar-refractivity contribution in [3.63, 3.8) is 0 Å². The molecular formula is C9H9N2. The molecule has 0 aromatic heterocycles. The number of nitrogens with two attached hydrogens (primary N) is 1. The first-order chi connectivity index (χ1) is 5.25. The van der Waals surface area contributed by atoms with E-state index < -0.39 is 0 Å². The smallest absolute Gasteiger partial charge is 0.0795 e. The molecule has 0 saturated heterocycles. The number of fused-ring (bicyclic) bond motifs is 1. The third-order valence-corrected chi connectivity index (χ3v) is 1.71. The lowest BCUT2D eigenvalue weighted by Gasteiger charge is -2.06. The Kier molecular flexibility index (Phi) is 1.29.